The largest absolute Gasteiger partial charge is 0.480 e. The van der Waals surface area contributed by atoms with E-state index < -0.39 is 29.9 Å². The number of hydrogen-bond acceptors (Lipinski definition) is 4. The van der Waals surface area contributed by atoms with Crippen LogP contribution in [0.1, 0.15) is 37.3 Å². The van der Waals surface area contributed by atoms with E-state index in [1.165, 1.54) is 0 Å². The van der Waals surface area contributed by atoms with Crippen LogP contribution in [-0.2, 0) is 14.4 Å². The van der Waals surface area contributed by atoms with E-state index in [2.05, 4.69) is 10.6 Å². The van der Waals surface area contributed by atoms with Crippen molar-refractivity contribution in [2.24, 2.45) is 5.92 Å². The van der Waals surface area contributed by atoms with Crippen molar-refractivity contribution in [1.82, 2.24) is 10.6 Å². The fourth-order valence-corrected chi connectivity index (χ4v) is 3.26. The number of amides is 1. The Morgan fingerprint density at radius 3 is 1.67 bits per heavy atom. The van der Waals surface area contributed by atoms with Crippen LogP contribution in [-0.4, -0.2) is 46.7 Å². The van der Waals surface area contributed by atoms with Crippen LogP contribution in [0.5, 0.6) is 0 Å². The second kappa shape index (κ2) is 11.1. The molecule has 0 bridgehead atoms. The quantitative estimate of drug-likeness (QED) is 0.451. The average Bonchev–Trinajstić information content (AvgIpc) is 2.71. The molecule has 160 valence electrons. The Balaban J connectivity index is 2.15. The van der Waals surface area contributed by atoms with Gasteiger partial charge >= 0.3 is 11.9 Å². The molecule has 4 N–H and O–H groups in total. The number of rotatable bonds is 11. The molecule has 0 aliphatic rings. The van der Waals surface area contributed by atoms with Gasteiger partial charge in [-0.25, -0.2) is 0 Å². The predicted molar refractivity (Wildman–Crippen MR) is 113 cm³/mol. The fourth-order valence-electron chi connectivity index (χ4n) is 3.26. The Bertz CT molecular complexity index is 800. The van der Waals surface area contributed by atoms with Gasteiger partial charge in [0.1, 0.15) is 12.1 Å². The zero-order valence-electron chi connectivity index (χ0n) is 17.1. The summed E-state index contributed by atoms with van der Waals surface area (Å²) in [6.07, 6.45) is 0.281. The molecule has 0 spiro atoms. The van der Waals surface area contributed by atoms with Gasteiger partial charge in [0.2, 0.25) is 5.91 Å². The van der Waals surface area contributed by atoms with E-state index in [0.29, 0.717) is 0 Å². The second-order valence-electron chi connectivity index (χ2n) is 7.58. The van der Waals surface area contributed by atoms with Crippen LogP contribution in [0, 0.1) is 5.92 Å². The molecule has 7 nitrogen and oxygen atoms in total. The van der Waals surface area contributed by atoms with Crippen LogP contribution in [0.3, 0.4) is 0 Å². The summed E-state index contributed by atoms with van der Waals surface area (Å²) < 4.78 is 0. The van der Waals surface area contributed by atoms with E-state index in [-0.39, 0.29) is 24.8 Å². The third-order valence-corrected chi connectivity index (χ3v) is 4.71. The molecule has 2 aromatic carbocycles. The topological polar surface area (TPSA) is 116 Å². The maximum Gasteiger partial charge on any atom is 0.322 e. The number of carbonyl (C=O) groups is 3. The summed E-state index contributed by atoms with van der Waals surface area (Å²) in [7, 11) is 0. The molecular formula is C23H28N2O5. The van der Waals surface area contributed by atoms with E-state index in [1.807, 2.05) is 74.5 Å². The summed E-state index contributed by atoms with van der Waals surface area (Å²) in [5, 5.41) is 24.2. The Kier molecular flexibility index (Phi) is 8.55. The normalized spacial score (nSPS) is 13.1. The molecule has 30 heavy (non-hydrogen) atoms. The first-order valence-electron chi connectivity index (χ1n) is 9.88. The lowest BCUT2D eigenvalue weighted by Gasteiger charge is -2.23. The van der Waals surface area contributed by atoms with Crippen molar-refractivity contribution < 1.29 is 24.6 Å². The number of aliphatic carboxylic acids is 2. The zero-order valence-corrected chi connectivity index (χ0v) is 17.1. The molecule has 0 aliphatic heterocycles. The molecule has 0 fully saturated rings. The summed E-state index contributed by atoms with van der Waals surface area (Å²) >= 11 is 0. The van der Waals surface area contributed by atoms with Gasteiger partial charge in [0.05, 0.1) is 5.92 Å². The SMILES string of the molecule is CC(C)CC(NC(CNC(=O)C(c1ccccc1)c1ccccc1)C(=O)O)C(=O)O. The van der Waals surface area contributed by atoms with Crippen molar-refractivity contribution in [2.45, 2.75) is 38.3 Å². The minimum atomic E-state index is -1.22. The first kappa shape index (κ1) is 23.1. The number of hydrogen-bond donors (Lipinski definition) is 4. The molecule has 0 heterocycles. The number of carbonyl (C=O) groups excluding carboxylic acids is 1. The van der Waals surface area contributed by atoms with Gasteiger partial charge < -0.3 is 15.5 Å². The smallest absolute Gasteiger partial charge is 0.322 e. The molecule has 7 heteroatoms. The molecule has 0 saturated carbocycles. The van der Waals surface area contributed by atoms with Gasteiger partial charge in [-0.2, -0.15) is 0 Å². The molecule has 0 aliphatic carbocycles. The number of nitrogens with one attached hydrogen (secondary N) is 2. The van der Waals surface area contributed by atoms with Crippen molar-refractivity contribution in [3.63, 3.8) is 0 Å². The summed E-state index contributed by atoms with van der Waals surface area (Å²) in [4.78, 5) is 36.1. The maximum absolute atomic E-state index is 13.0. The molecule has 2 unspecified atom stereocenters. The highest BCUT2D eigenvalue weighted by molar-refractivity contribution is 5.88. The maximum atomic E-state index is 13.0. The summed E-state index contributed by atoms with van der Waals surface area (Å²) in [5.41, 5.74) is 1.56. The highest BCUT2D eigenvalue weighted by atomic mass is 16.4. The average molecular weight is 412 g/mol. The number of carboxylic acid groups (broad SMARTS) is 2. The van der Waals surface area contributed by atoms with Gasteiger partial charge in [-0.15, -0.1) is 0 Å². The highest BCUT2D eigenvalue weighted by Gasteiger charge is 2.29. The third kappa shape index (κ3) is 6.70. The zero-order chi connectivity index (χ0) is 22.1. The molecule has 0 saturated heterocycles. The second-order valence-corrected chi connectivity index (χ2v) is 7.58. The molecule has 2 aromatic rings. The van der Waals surface area contributed by atoms with Crippen LogP contribution >= 0.6 is 0 Å². The molecule has 2 rings (SSSR count). The lowest BCUT2D eigenvalue weighted by atomic mass is 9.90. The number of carboxylic acids is 2. The van der Waals surface area contributed by atoms with Crippen LogP contribution in [0.4, 0.5) is 0 Å². The van der Waals surface area contributed by atoms with Crippen LogP contribution in [0.25, 0.3) is 0 Å². The molecule has 0 radical (unpaired) electrons. The molecule has 0 aromatic heterocycles. The van der Waals surface area contributed by atoms with E-state index in [1.54, 1.807) is 0 Å². The minimum absolute atomic E-state index is 0.0724. The lowest BCUT2D eigenvalue weighted by Crippen LogP contribution is -2.53. The van der Waals surface area contributed by atoms with Gasteiger partial charge in [-0.1, -0.05) is 74.5 Å². The van der Waals surface area contributed by atoms with Crippen molar-refractivity contribution in [3.05, 3.63) is 71.8 Å². The fraction of sp³-hybridized carbons (Fsp3) is 0.348. The summed E-state index contributed by atoms with van der Waals surface area (Å²) in [5.74, 6) is -3.22. The molecular weight excluding hydrogens is 384 g/mol. The van der Waals surface area contributed by atoms with Crippen molar-refractivity contribution in [2.75, 3.05) is 6.54 Å². The van der Waals surface area contributed by atoms with E-state index in [9.17, 15) is 24.6 Å². The van der Waals surface area contributed by atoms with Gasteiger partial charge in [0, 0.05) is 6.54 Å². The lowest BCUT2D eigenvalue weighted by molar-refractivity contribution is -0.142. The van der Waals surface area contributed by atoms with Gasteiger partial charge in [-0.05, 0) is 23.5 Å². The highest BCUT2D eigenvalue weighted by Crippen LogP contribution is 2.24. The van der Waals surface area contributed by atoms with E-state index in [0.717, 1.165) is 11.1 Å². The van der Waals surface area contributed by atoms with Gasteiger partial charge in [0.15, 0.2) is 0 Å². The summed E-state index contributed by atoms with van der Waals surface area (Å²) in [6.45, 7) is 3.49. The Morgan fingerprint density at radius 2 is 1.27 bits per heavy atom. The van der Waals surface area contributed by atoms with E-state index >= 15 is 0 Å². The Morgan fingerprint density at radius 1 is 0.800 bits per heavy atom. The monoisotopic (exact) mass is 412 g/mol. The third-order valence-electron chi connectivity index (χ3n) is 4.71. The molecule has 2 atom stereocenters. The minimum Gasteiger partial charge on any atom is -0.480 e. The van der Waals surface area contributed by atoms with Gasteiger partial charge in [-0.3, -0.25) is 19.7 Å². The Hall–Kier alpha value is -3.19. The van der Waals surface area contributed by atoms with Gasteiger partial charge in [0.25, 0.3) is 0 Å². The first-order valence-corrected chi connectivity index (χ1v) is 9.88. The van der Waals surface area contributed by atoms with Crippen molar-refractivity contribution in [1.29, 1.82) is 0 Å². The first-order chi connectivity index (χ1) is 14.3. The van der Waals surface area contributed by atoms with Crippen molar-refractivity contribution >= 4 is 17.8 Å². The van der Waals surface area contributed by atoms with E-state index in [4.69, 9.17) is 0 Å². The predicted octanol–water partition coefficient (Wildman–Crippen LogP) is 2.48. The molecule has 1 amide bonds. The van der Waals surface area contributed by atoms with Crippen LogP contribution < -0.4 is 10.6 Å². The number of benzene rings is 2. The van der Waals surface area contributed by atoms with Crippen molar-refractivity contribution in [3.8, 4) is 0 Å². The standard InChI is InChI=1S/C23H28N2O5/c1-15(2)13-18(22(27)28)25-19(23(29)30)14-24-21(26)20(16-9-5-3-6-10-16)17-11-7-4-8-12-17/h3-12,15,18-20,25H,13-14H2,1-2H3,(H,24,26)(H,27,28)(H,29,30). The van der Waals surface area contributed by atoms with Crippen LogP contribution in [0.15, 0.2) is 60.7 Å². The summed E-state index contributed by atoms with van der Waals surface area (Å²) in [6, 6.07) is 16.2. The van der Waals surface area contributed by atoms with Crippen LogP contribution in [0.2, 0.25) is 0 Å². The Labute approximate surface area is 176 Å².